The molecule has 6 heteroatoms. The molecule has 1 aliphatic rings. The fraction of sp³-hybridized carbons (Fsp3) is 0.556. The van der Waals surface area contributed by atoms with E-state index in [0.29, 0.717) is 6.54 Å². The minimum absolute atomic E-state index is 0.125. The summed E-state index contributed by atoms with van der Waals surface area (Å²) in [4.78, 5) is 14.2. The molecule has 0 unspecified atom stereocenters. The Hall–Kier alpha value is -1.56. The summed E-state index contributed by atoms with van der Waals surface area (Å²) in [6.07, 6.45) is 1.53. The second-order valence-corrected chi connectivity index (χ2v) is 8.20. The highest BCUT2D eigenvalue weighted by Gasteiger charge is 2.33. The lowest BCUT2D eigenvalue weighted by molar-refractivity contribution is 0.00750. The van der Waals surface area contributed by atoms with Crippen LogP contribution in [0.3, 0.4) is 0 Å². The molecule has 1 fully saturated rings. The Morgan fingerprint density at radius 1 is 1.33 bits per heavy atom. The van der Waals surface area contributed by atoms with Gasteiger partial charge in [-0.3, -0.25) is 4.68 Å². The van der Waals surface area contributed by atoms with E-state index in [0.717, 1.165) is 28.3 Å². The molecular formula is C18H24BrN3O2. The molecule has 0 N–H and O–H groups in total. The molecule has 0 saturated carbocycles. The number of piperidine rings is 1. The number of halogens is 1. The molecule has 2 atom stereocenters. The standard InChI is InChI=1S/C18H24BrN3O2/c1-12-11-13(9-10-21(12)17(23)24-18(2,3)4)22-15-8-6-5-7-14(15)16(19)20-22/h5-8,12-13H,9-11H2,1-4H3/t12-,13-/m0/s1. The van der Waals surface area contributed by atoms with Gasteiger partial charge in [0, 0.05) is 18.0 Å². The van der Waals surface area contributed by atoms with Crippen LogP contribution in [0, 0.1) is 0 Å². The van der Waals surface area contributed by atoms with Crippen LogP contribution in [0.1, 0.15) is 46.6 Å². The van der Waals surface area contributed by atoms with E-state index in [1.807, 2.05) is 37.8 Å². The van der Waals surface area contributed by atoms with Gasteiger partial charge in [0.15, 0.2) is 0 Å². The van der Waals surface area contributed by atoms with Gasteiger partial charge in [-0.2, -0.15) is 5.10 Å². The van der Waals surface area contributed by atoms with E-state index in [1.54, 1.807) is 0 Å². The Bertz CT molecular complexity index is 750. The Morgan fingerprint density at radius 3 is 2.71 bits per heavy atom. The quantitative estimate of drug-likeness (QED) is 0.701. The lowest BCUT2D eigenvalue weighted by Crippen LogP contribution is -2.47. The topological polar surface area (TPSA) is 47.4 Å². The van der Waals surface area contributed by atoms with Crippen LogP contribution in [0.25, 0.3) is 10.9 Å². The predicted molar refractivity (Wildman–Crippen MR) is 98.1 cm³/mol. The third-order valence-electron chi connectivity index (χ3n) is 4.39. The number of ether oxygens (including phenoxy) is 1. The first kappa shape index (κ1) is 17.3. The lowest BCUT2D eigenvalue weighted by atomic mass is 9.98. The van der Waals surface area contributed by atoms with Gasteiger partial charge in [0.2, 0.25) is 0 Å². The van der Waals surface area contributed by atoms with Crippen molar-refractivity contribution >= 4 is 32.9 Å². The van der Waals surface area contributed by atoms with Crippen LogP contribution in [0.2, 0.25) is 0 Å². The molecule has 1 aromatic heterocycles. The third kappa shape index (κ3) is 3.43. The van der Waals surface area contributed by atoms with Gasteiger partial charge >= 0.3 is 6.09 Å². The second kappa shape index (κ2) is 6.39. The van der Waals surface area contributed by atoms with Gasteiger partial charge in [-0.15, -0.1) is 0 Å². The van der Waals surface area contributed by atoms with Crippen molar-refractivity contribution in [2.75, 3.05) is 6.54 Å². The molecule has 1 aliphatic heterocycles. The average molecular weight is 394 g/mol. The summed E-state index contributed by atoms with van der Waals surface area (Å²) >= 11 is 3.55. The number of para-hydroxylation sites is 1. The van der Waals surface area contributed by atoms with Crippen LogP contribution >= 0.6 is 15.9 Å². The molecule has 2 aromatic rings. The van der Waals surface area contributed by atoms with Crippen LogP contribution in [0.5, 0.6) is 0 Å². The molecular weight excluding hydrogens is 370 g/mol. The molecule has 0 radical (unpaired) electrons. The van der Waals surface area contributed by atoms with Crippen LogP contribution in [0.4, 0.5) is 4.79 Å². The van der Waals surface area contributed by atoms with E-state index < -0.39 is 5.60 Å². The number of nitrogens with zero attached hydrogens (tertiary/aromatic N) is 3. The zero-order valence-corrected chi connectivity index (χ0v) is 16.2. The van der Waals surface area contributed by atoms with Gasteiger partial charge in [-0.05, 0) is 62.5 Å². The lowest BCUT2D eigenvalue weighted by Gasteiger charge is -2.38. The summed E-state index contributed by atoms with van der Waals surface area (Å²) in [5.41, 5.74) is 0.670. The maximum absolute atomic E-state index is 12.4. The van der Waals surface area contributed by atoms with Gasteiger partial charge in [0.05, 0.1) is 11.6 Å². The first-order valence-corrected chi connectivity index (χ1v) is 9.18. The van der Waals surface area contributed by atoms with Crippen LogP contribution in [-0.2, 0) is 4.74 Å². The second-order valence-electron chi connectivity index (χ2n) is 7.45. The van der Waals surface area contributed by atoms with Crippen molar-refractivity contribution in [1.29, 1.82) is 0 Å². The largest absolute Gasteiger partial charge is 0.444 e. The molecule has 24 heavy (non-hydrogen) atoms. The van der Waals surface area contributed by atoms with E-state index >= 15 is 0 Å². The van der Waals surface area contributed by atoms with Crippen LogP contribution in [0.15, 0.2) is 28.9 Å². The summed E-state index contributed by atoms with van der Waals surface area (Å²) in [6, 6.07) is 8.63. The first-order chi connectivity index (χ1) is 11.3. The number of fused-ring (bicyclic) bond motifs is 1. The molecule has 0 spiro atoms. The monoisotopic (exact) mass is 393 g/mol. The van der Waals surface area contributed by atoms with E-state index in [4.69, 9.17) is 4.74 Å². The smallest absolute Gasteiger partial charge is 0.410 e. The van der Waals surface area contributed by atoms with E-state index in [9.17, 15) is 4.79 Å². The summed E-state index contributed by atoms with van der Waals surface area (Å²) in [5.74, 6) is 0. The minimum Gasteiger partial charge on any atom is -0.444 e. The zero-order chi connectivity index (χ0) is 17.5. The summed E-state index contributed by atoms with van der Waals surface area (Å²) in [7, 11) is 0. The Morgan fingerprint density at radius 2 is 2.04 bits per heavy atom. The Labute approximate surface area is 151 Å². The highest BCUT2D eigenvalue weighted by atomic mass is 79.9. The SMILES string of the molecule is C[C@H]1C[C@@H](n2nc(Br)c3ccccc32)CCN1C(=O)OC(C)(C)C. The molecule has 0 aliphatic carbocycles. The number of carbonyl (C=O) groups is 1. The van der Waals surface area contributed by atoms with Gasteiger partial charge < -0.3 is 9.64 Å². The zero-order valence-electron chi connectivity index (χ0n) is 14.6. The van der Waals surface area contributed by atoms with Crippen molar-refractivity contribution in [3.8, 4) is 0 Å². The fourth-order valence-corrected chi connectivity index (χ4v) is 3.80. The van der Waals surface area contributed by atoms with Gasteiger partial charge in [-0.1, -0.05) is 18.2 Å². The van der Waals surface area contributed by atoms with Crippen molar-refractivity contribution in [3.63, 3.8) is 0 Å². The van der Waals surface area contributed by atoms with Crippen molar-refractivity contribution in [2.45, 2.75) is 58.2 Å². The predicted octanol–water partition coefficient (Wildman–Crippen LogP) is 4.76. The van der Waals surface area contributed by atoms with E-state index in [2.05, 4.69) is 44.8 Å². The van der Waals surface area contributed by atoms with E-state index in [1.165, 1.54) is 0 Å². The van der Waals surface area contributed by atoms with Crippen molar-refractivity contribution in [1.82, 2.24) is 14.7 Å². The number of aromatic nitrogens is 2. The molecule has 1 amide bonds. The first-order valence-electron chi connectivity index (χ1n) is 8.38. The maximum atomic E-state index is 12.4. The molecule has 3 rings (SSSR count). The normalized spacial score (nSPS) is 22.0. The number of carbonyl (C=O) groups excluding carboxylic acids is 1. The number of hydrogen-bond donors (Lipinski definition) is 0. The average Bonchev–Trinajstić information content (AvgIpc) is 2.83. The highest BCUT2D eigenvalue weighted by Crippen LogP contribution is 2.32. The fourth-order valence-electron chi connectivity index (χ4n) is 3.29. The van der Waals surface area contributed by atoms with Crippen molar-refractivity contribution in [3.05, 3.63) is 28.9 Å². The molecule has 1 aromatic carbocycles. The highest BCUT2D eigenvalue weighted by molar-refractivity contribution is 9.10. The summed E-state index contributed by atoms with van der Waals surface area (Å²) in [5, 5.41) is 5.80. The van der Waals surface area contributed by atoms with Crippen LogP contribution in [-0.4, -0.2) is 39.0 Å². The number of benzene rings is 1. The molecule has 0 bridgehead atoms. The number of hydrogen-bond acceptors (Lipinski definition) is 3. The molecule has 5 nitrogen and oxygen atoms in total. The van der Waals surface area contributed by atoms with Gasteiger partial charge in [0.25, 0.3) is 0 Å². The molecule has 130 valence electrons. The van der Waals surface area contributed by atoms with Crippen molar-refractivity contribution in [2.24, 2.45) is 0 Å². The molecule has 2 heterocycles. The number of rotatable bonds is 1. The summed E-state index contributed by atoms with van der Waals surface area (Å²) in [6.45, 7) is 8.46. The van der Waals surface area contributed by atoms with Gasteiger partial charge in [-0.25, -0.2) is 4.79 Å². The Balaban J connectivity index is 1.77. The van der Waals surface area contributed by atoms with Crippen molar-refractivity contribution < 1.29 is 9.53 Å². The Kier molecular flexibility index (Phi) is 4.60. The minimum atomic E-state index is -0.462. The maximum Gasteiger partial charge on any atom is 0.410 e. The summed E-state index contributed by atoms with van der Waals surface area (Å²) < 4.78 is 8.49. The van der Waals surface area contributed by atoms with E-state index in [-0.39, 0.29) is 18.2 Å². The number of amides is 1. The third-order valence-corrected chi connectivity index (χ3v) is 4.98. The number of likely N-dealkylation sites (tertiary alicyclic amines) is 1. The van der Waals surface area contributed by atoms with Gasteiger partial charge in [0.1, 0.15) is 10.2 Å². The van der Waals surface area contributed by atoms with Crippen LogP contribution < -0.4 is 0 Å². The molecule has 1 saturated heterocycles.